The summed E-state index contributed by atoms with van der Waals surface area (Å²) in [6.45, 7) is 6.54. The van der Waals surface area contributed by atoms with Crippen molar-refractivity contribution >= 4 is 21.6 Å². The molecule has 0 radical (unpaired) electrons. The van der Waals surface area contributed by atoms with E-state index in [0.29, 0.717) is 33.9 Å². The normalized spacial score (nSPS) is 11.1. The molecule has 2 aromatic heterocycles. The van der Waals surface area contributed by atoms with Gasteiger partial charge in [0.05, 0.1) is 32.0 Å². The minimum Gasteiger partial charge on any atom is -0.497 e. The largest absolute Gasteiger partial charge is 0.497 e. The van der Waals surface area contributed by atoms with Gasteiger partial charge in [-0.15, -0.1) is 11.3 Å². The predicted octanol–water partition coefficient (Wildman–Crippen LogP) is 4.20. The van der Waals surface area contributed by atoms with E-state index in [0.717, 1.165) is 16.7 Å². The lowest BCUT2D eigenvalue weighted by Gasteiger charge is -2.16. The molecule has 160 valence electrons. The van der Waals surface area contributed by atoms with Crippen molar-refractivity contribution in [1.82, 2.24) is 9.13 Å². The van der Waals surface area contributed by atoms with Gasteiger partial charge in [-0.1, -0.05) is 17.7 Å². The molecule has 4 rings (SSSR count). The number of thiophene rings is 1. The van der Waals surface area contributed by atoms with Crippen molar-refractivity contribution in [2.24, 2.45) is 0 Å². The lowest BCUT2D eigenvalue weighted by Crippen LogP contribution is -2.38. The monoisotopic (exact) mass is 436 g/mol. The highest BCUT2D eigenvalue weighted by atomic mass is 32.1. The number of benzene rings is 2. The molecule has 0 saturated heterocycles. The summed E-state index contributed by atoms with van der Waals surface area (Å²) in [7, 11) is 3.07. The summed E-state index contributed by atoms with van der Waals surface area (Å²) in [4.78, 5) is 26.9. The summed E-state index contributed by atoms with van der Waals surface area (Å²) in [6.07, 6.45) is 0. The smallest absolute Gasteiger partial charge is 0.336 e. The number of ether oxygens (including phenoxy) is 2. The van der Waals surface area contributed by atoms with Crippen LogP contribution in [0.25, 0.3) is 15.9 Å². The van der Waals surface area contributed by atoms with Gasteiger partial charge < -0.3 is 9.47 Å². The van der Waals surface area contributed by atoms with Gasteiger partial charge in [0.25, 0.3) is 5.56 Å². The number of fused-ring (bicyclic) bond motifs is 1. The number of hydrogen-bond acceptors (Lipinski definition) is 5. The van der Waals surface area contributed by atoms with Crippen LogP contribution in [0.4, 0.5) is 0 Å². The third kappa shape index (κ3) is 3.65. The minimum absolute atomic E-state index is 0.348. The molecule has 31 heavy (non-hydrogen) atoms. The zero-order valence-corrected chi connectivity index (χ0v) is 19.0. The maximum absolute atomic E-state index is 13.6. The Morgan fingerprint density at radius 1 is 0.903 bits per heavy atom. The van der Waals surface area contributed by atoms with Gasteiger partial charge in [0, 0.05) is 18.2 Å². The molecule has 0 unspecified atom stereocenters. The second-order valence-corrected chi connectivity index (χ2v) is 8.51. The fraction of sp³-hybridized carbons (Fsp3) is 0.250. The van der Waals surface area contributed by atoms with E-state index in [1.165, 1.54) is 35.7 Å². The average Bonchev–Trinajstić information content (AvgIpc) is 3.22. The van der Waals surface area contributed by atoms with E-state index in [9.17, 15) is 9.59 Å². The zero-order chi connectivity index (χ0) is 22.3. The van der Waals surface area contributed by atoms with Crippen LogP contribution in [0.2, 0.25) is 0 Å². The first-order valence-corrected chi connectivity index (χ1v) is 10.7. The Kier molecular flexibility index (Phi) is 5.45. The predicted molar refractivity (Wildman–Crippen MR) is 125 cm³/mol. The second kappa shape index (κ2) is 8.07. The van der Waals surface area contributed by atoms with Crippen molar-refractivity contribution in [1.29, 1.82) is 0 Å². The Labute approximate surface area is 183 Å². The first kappa shape index (κ1) is 20.9. The maximum Gasteiger partial charge on any atom is 0.336 e. The number of aryl methyl sites for hydroxylation is 3. The van der Waals surface area contributed by atoms with E-state index < -0.39 is 5.69 Å². The molecular formula is C24H24N2O4S. The summed E-state index contributed by atoms with van der Waals surface area (Å²) in [5.41, 5.74) is 4.80. The van der Waals surface area contributed by atoms with Crippen molar-refractivity contribution in [2.75, 3.05) is 14.2 Å². The third-order valence-electron chi connectivity index (χ3n) is 5.51. The highest BCUT2D eigenvalue weighted by molar-refractivity contribution is 7.17. The van der Waals surface area contributed by atoms with Gasteiger partial charge in [0.1, 0.15) is 16.2 Å². The third-order valence-corrected chi connectivity index (χ3v) is 6.40. The summed E-state index contributed by atoms with van der Waals surface area (Å²) in [5, 5.41) is 1.84. The molecule has 7 heteroatoms. The maximum atomic E-state index is 13.6. The van der Waals surface area contributed by atoms with E-state index in [1.807, 2.05) is 25.3 Å². The highest BCUT2D eigenvalue weighted by Gasteiger charge is 2.18. The van der Waals surface area contributed by atoms with Gasteiger partial charge in [-0.3, -0.25) is 9.36 Å². The quantitative estimate of drug-likeness (QED) is 0.470. The molecule has 0 atom stereocenters. The number of rotatable bonds is 5. The van der Waals surface area contributed by atoms with Crippen LogP contribution in [-0.2, 0) is 6.54 Å². The van der Waals surface area contributed by atoms with Crippen molar-refractivity contribution in [3.05, 3.63) is 84.9 Å². The lowest BCUT2D eigenvalue weighted by molar-refractivity contribution is 0.394. The fourth-order valence-electron chi connectivity index (χ4n) is 4.01. The standard InChI is InChI=1S/C24H24N2O4S/c1-14-8-15(2)20(16(3)9-14)13-25-21-6-7-31-22(21)23(27)26(24(25)28)17-10-18(29-4)12-19(11-17)30-5/h6-12H,13H2,1-5H3. The molecule has 0 aliphatic heterocycles. The average molecular weight is 437 g/mol. The zero-order valence-electron chi connectivity index (χ0n) is 18.2. The molecule has 0 aliphatic rings. The number of aromatic nitrogens is 2. The highest BCUT2D eigenvalue weighted by Crippen LogP contribution is 2.25. The van der Waals surface area contributed by atoms with E-state index in [2.05, 4.69) is 19.1 Å². The van der Waals surface area contributed by atoms with Crippen LogP contribution in [0, 0.1) is 20.8 Å². The summed E-state index contributed by atoms with van der Waals surface area (Å²) >= 11 is 1.33. The van der Waals surface area contributed by atoms with Gasteiger partial charge in [-0.2, -0.15) is 0 Å². The van der Waals surface area contributed by atoms with E-state index >= 15 is 0 Å². The summed E-state index contributed by atoms with van der Waals surface area (Å²) in [6, 6.07) is 11.1. The Bertz CT molecular complexity index is 1370. The second-order valence-electron chi connectivity index (χ2n) is 7.59. The van der Waals surface area contributed by atoms with Gasteiger partial charge >= 0.3 is 5.69 Å². The van der Waals surface area contributed by atoms with Crippen LogP contribution in [-0.4, -0.2) is 23.4 Å². The molecular weight excluding hydrogens is 412 g/mol. The summed E-state index contributed by atoms with van der Waals surface area (Å²) in [5.74, 6) is 1.01. The molecule has 2 heterocycles. The Morgan fingerprint density at radius 3 is 2.10 bits per heavy atom. The molecule has 0 spiro atoms. The minimum atomic E-state index is -0.398. The number of nitrogens with zero attached hydrogens (tertiary/aromatic N) is 2. The van der Waals surface area contributed by atoms with E-state index in [1.54, 1.807) is 22.8 Å². The topological polar surface area (TPSA) is 62.5 Å². The molecule has 0 bridgehead atoms. The Morgan fingerprint density at radius 2 is 1.52 bits per heavy atom. The summed E-state index contributed by atoms with van der Waals surface area (Å²) < 4.78 is 14.1. The molecule has 0 N–H and O–H groups in total. The molecule has 0 fully saturated rings. The van der Waals surface area contributed by atoms with Crippen LogP contribution in [0.3, 0.4) is 0 Å². The van der Waals surface area contributed by atoms with E-state index in [-0.39, 0.29) is 5.56 Å². The Balaban J connectivity index is 2.01. The van der Waals surface area contributed by atoms with E-state index in [4.69, 9.17) is 9.47 Å². The molecule has 4 aromatic rings. The van der Waals surface area contributed by atoms with Gasteiger partial charge in [0.2, 0.25) is 0 Å². The van der Waals surface area contributed by atoms with Crippen molar-refractivity contribution in [3.63, 3.8) is 0 Å². The fourth-order valence-corrected chi connectivity index (χ4v) is 4.83. The van der Waals surface area contributed by atoms with Crippen LogP contribution < -0.4 is 20.7 Å². The molecule has 0 aliphatic carbocycles. The molecule has 0 saturated carbocycles. The van der Waals surface area contributed by atoms with Crippen LogP contribution in [0.1, 0.15) is 22.3 Å². The van der Waals surface area contributed by atoms with Crippen LogP contribution >= 0.6 is 11.3 Å². The van der Waals surface area contributed by atoms with Gasteiger partial charge in [0.15, 0.2) is 0 Å². The first-order valence-electron chi connectivity index (χ1n) is 9.87. The SMILES string of the molecule is COc1cc(OC)cc(-n2c(=O)c3sccc3n(Cc3c(C)cc(C)cc3C)c2=O)c1. The van der Waals surface area contributed by atoms with Crippen LogP contribution in [0.15, 0.2) is 51.4 Å². The van der Waals surface area contributed by atoms with Gasteiger partial charge in [-0.25, -0.2) is 9.36 Å². The number of hydrogen-bond donors (Lipinski definition) is 0. The van der Waals surface area contributed by atoms with Crippen molar-refractivity contribution < 1.29 is 9.47 Å². The van der Waals surface area contributed by atoms with Crippen molar-refractivity contribution in [3.8, 4) is 17.2 Å². The number of methoxy groups -OCH3 is 2. The van der Waals surface area contributed by atoms with Gasteiger partial charge in [-0.05, 0) is 48.9 Å². The Hall–Kier alpha value is -3.32. The lowest BCUT2D eigenvalue weighted by atomic mass is 10.00. The first-order chi connectivity index (χ1) is 14.8. The molecule has 6 nitrogen and oxygen atoms in total. The van der Waals surface area contributed by atoms with Crippen LogP contribution in [0.5, 0.6) is 11.5 Å². The molecule has 0 amide bonds. The molecule has 2 aromatic carbocycles. The van der Waals surface area contributed by atoms with Crippen molar-refractivity contribution in [2.45, 2.75) is 27.3 Å².